The fourth-order valence-corrected chi connectivity index (χ4v) is 3.09. The van der Waals surface area contributed by atoms with Crippen molar-refractivity contribution in [1.29, 1.82) is 0 Å². The van der Waals surface area contributed by atoms with Gasteiger partial charge in [-0.2, -0.15) is 0 Å². The van der Waals surface area contributed by atoms with Crippen LogP contribution in [-0.4, -0.2) is 56.1 Å². The van der Waals surface area contributed by atoms with Crippen LogP contribution in [0.15, 0.2) is 41.4 Å². The van der Waals surface area contributed by atoms with Crippen molar-refractivity contribution < 1.29 is 9.53 Å². The fourth-order valence-electron chi connectivity index (χ4n) is 3.09. The molecule has 0 unspecified atom stereocenters. The monoisotopic (exact) mass is 501 g/mol. The van der Waals surface area contributed by atoms with E-state index < -0.39 is 5.91 Å². The molecule has 0 atom stereocenters. The number of nitrogens with zero attached hydrogens (tertiary/aromatic N) is 2. The number of ether oxygens (including phenoxy) is 1. The molecule has 0 aliphatic carbocycles. The summed E-state index contributed by atoms with van der Waals surface area (Å²) >= 11 is 0. The van der Waals surface area contributed by atoms with E-state index in [1.165, 1.54) is 5.57 Å². The van der Waals surface area contributed by atoms with Crippen LogP contribution in [0.2, 0.25) is 0 Å². The maximum Gasteiger partial charge on any atom is 0.255 e. The van der Waals surface area contributed by atoms with Gasteiger partial charge in [-0.25, -0.2) is 0 Å². The zero-order valence-corrected chi connectivity index (χ0v) is 19.1. The molecule has 1 aromatic carbocycles. The quantitative estimate of drug-likeness (QED) is 0.219. The van der Waals surface area contributed by atoms with E-state index in [4.69, 9.17) is 10.5 Å². The van der Waals surface area contributed by atoms with E-state index >= 15 is 0 Å². The third-order valence-corrected chi connectivity index (χ3v) is 4.39. The van der Waals surface area contributed by atoms with E-state index in [1.807, 2.05) is 18.2 Å². The maximum atomic E-state index is 10.8. The molecule has 1 aromatic rings. The number of nitrogens with two attached hydrogens (primary N) is 1. The molecule has 0 aromatic heterocycles. The van der Waals surface area contributed by atoms with Gasteiger partial charge in [-0.05, 0) is 37.5 Å². The molecule has 1 amide bonds. The number of benzene rings is 1. The molecule has 8 heteroatoms. The molecule has 1 aliphatic heterocycles. The highest BCUT2D eigenvalue weighted by molar-refractivity contribution is 14.0. The number of amides is 1. The molecule has 1 aliphatic rings. The maximum absolute atomic E-state index is 10.8. The smallest absolute Gasteiger partial charge is 0.255 e. The van der Waals surface area contributed by atoms with Crippen LogP contribution in [0.5, 0.6) is 5.75 Å². The van der Waals surface area contributed by atoms with Crippen LogP contribution < -0.4 is 21.1 Å². The van der Waals surface area contributed by atoms with Gasteiger partial charge in [0, 0.05) is 39.3 Å². The summed E-state index contributed by atoms with van der Waals surface area (Å²) in [6.07, 6.45) is 2.18. The normalized spacial score (nSPS) is 15.4. The Hall–Kier alpha value is -1.81. The van der Waals surface area contributed by atoms with Crippen molar-refractivity contribution in [3.05, 3.63) is 42.0 Å². The SMILES string of the molecule is C=C(C)CN1CCC(NC(=NC)NCc2cccc(OCC(N)=O)c2)CC1.I. The first-order valence-corrected chi connectivity index (χ1v) is 9.30. The summed E-state index contributed by atoms with van der Waals surface area (Å²) in [5.41, 5.74) is 7.36. The van der Waals surface area contributed by atoms with Crippen molar-refractivity contribution in [2.45, 2.75) is 32.4 Å². The predicted octanol–water partition coefficient (Wildman–Crippen LogP) is 1.87. The van der Waals surface area contributed by atoms with Gasteiger partial charge in [0.1, 0.15) is 5.75 Å². The van der Waals surface area contributed by atoms with E-state index in [1.54, 1.807) is 13.1 Å². The number of guanidine groups is 1. The van der Waals surface area contributed by atoms with Gasteiger partial charge in [-0.1, -0.05) is 24.3 Å². The van der Waals surface area contributed by atoms with E-state index in [-0.39, 0.29) is 30.6 Å². The van der Waals surface area contributed by atoms with Gasteiger partial charge in [-0.3, -0.25) is 14.7 Å². The second kappa shape index (κ2) is 12.6. The number of aliphatic imine (C=N–C) groups is 1. The van der Waals surface area contributed by atoms with Crippen molar-refractivity contribution in [1.82, 2.24) is 15.5 Å². The van der Waals surface area contributed by atoms with Crippen LogP contribution in [-0.2, 0) is 11.3 Å². The Balaban J connectivity index is 0.00000392. The number of primary amides is 1. The lowest BCUT2D eigenvalue weighted by atomic mass is 10.0. The average molecular weight is 501 g/mol. The minimum atomic E-state index is -0.488. The van der Waals surface area contributed by atoms with Crippen LogP contribution in [0.3, 0.4) is 0 Å². The molecule has 1 saturated heterocycles. The van der Waals surface area contributed by atoms with E-state index in [0.717, 1.165) is 44.0 Å². The first kappa shape index (κ1) is 24.2. The van der Waals surface area contributed by atoms with Crippen LogP contribution in [0.1, 0.15) is 25.3 Å². The highest BCUT2D eigenvalue weighted by atomic mass is 127. The first-order valence-electron chi connectivity index (χ1n) is 9.30. The van der Waals surface area contributed by atoms with Gasteiger partial charge in [0.15, 0.2) is 12.6 Å². The Morgan fingerprint density at radius 2 is 2.11 bits per heavy atom. The zero-order chi connectivity index (χ0) is 19.6. The standard InChI is InChI=1S/C20H31N5O2.HI/c1-15(2)13-25-9-7-17(8-10-25)24-20(22-3)23-12-16-5-4-6-18(11-16)27-14-19(21)26;/h4-6,11,17H,1,7-10,12-14H2,2-3H3,(H2,21,26)(H2,22,23,24);1H. The summed E-state index contributed by atoms with van der Waals surface area (Å²) in [5.74, 6) is 0.926. The number of carbonyl (C=O) groups is 1. The Bertz CT molecular complexity index is 672. The number of carbonyl (C=O) groups excluding carboxylic acids is 1. The second-order valence-corrected chi connectivity index (χ2v) is 6.98. The lowest BCUT2D eigenvalue weighted by Gasteiger charge is -2.33. The van der Waals surface area contributed by atoms with E-state index in [2.05, 4.69) is 34.0 Å². The number of nitrogens with one attached hydrogen (secondary N) is 2. The van der Waals surface area contributed by atoms with Gasteiger partial charge >= 0.3 is 0 Å². The molecule has 7 nitrogen and oxygen atoms in total. The lowest BCUT2D eigenvalue weighted by Crippen LogP contribution is -2.48. The van der Waals surface area contributed by atoms with Gasteiger partial charge in [0.25, 0.3) is 5.91 Å². The molecule has 0 spiro atoms. The fraction of sp³-hybridized carbons (Fsp3) is 0.500. The minimum Gasteiger partial charge on any atom is -0.484 e. The Kier molecular flexibility index (Phi) is 10.9. The third kappa shape index (κ3) is 8.92. The highest BCUT2D eigenvalue weighted by Crippen LogP contribution is 2.14. The molecule has 2 rings (SSSR count). The number of rotatable bonds is 8. The Morgan fingerprint density at radius 3 is 2.71 bits per heavy atom. The molecule has 0 saturated carbocycles. The van der Waals surface area contributed by atoms with E-state index in [0.29, 0.717) is 18.3 Å². The third-order valence-electron chi connectivity index (χ3n) is 4.39. The van der Waals surface area contributed by atoms with Crippen molar-refractivity contribution in [2.75, 3.05) is 33.3 Å². The lowest BCUT2D eigenvalue weighted by molar-refractivity contribution is -0.119. The second-order valence-electron chi connectivity index (χ2n) is 6.98. The molecule has 28 heavy (non-hydrogen) atoms. The van der Waals surface area contributed by atoms with Crippen LogP contribution in [0.25, 0.3) is 0 Å². The summed E-state index contributed by atoms with van der Waals surface area (Å²) in [6.45, 7) is 9.68. The molecule has 0 bridgehead atoms. The van der Waals surface area contributed by atoms with Crippen molar-refractivity contribution >= 4 is 35.8 Å². The molecule has 4 N–H and O–H groups in total. The average Bonchev–Trinajstić information content (AvgIpc) is 2.64. The number of piperidine rings is 1. The highest BCUT2D eigenvalue weighted by Gasteiger charge is 2.19. The number of halogens is 1. The molecule has 1 fully saturated rings. The van der Waals surface area contributed by atoms with E-state index in [9.17, 15) is 4.79 Å². The summed E-state index contributed by atoms with van der Waals surface area (Å²) < 4.78 is 5.34. The Morgan fingerprint density at radius 1 is 1.39 bits per heavy atom. The number of hydrogen-bond acceptors (Lipinski definition) is 4. The molecule has 0 radical (unpaired) electrons. The molecule has 1 heterocycles. The van der Waals surface area contributed by atoms with Gasteiger partial charge < -0.3 is 21.1 Å². The van der Waals surface area contributed by atoms with Gasteiger partial charge in [-0.15, -0.1) is 24.0 Å². The number of likely N-dealkylation sites (tertiary alicyclic amines) is 1. The van der Waals surface area contributed by atoms with Crippen molar-refractivity contribution in [2.24, 2.45) is 10.7 Å². The summed E-state index contributed by atoms with van der Waals surface area (Å²) in [6, 6.07) is 7.99. The summed E-state index contributed by atoms with van der Waals surface area (Å²) in [7, 11) is 1.78. The Labute approximate surface area is 184 Å². The van der Waals surface area contributed by atoms with Crippen LogP contribution in [0.4, 0.5) is 0 Å². The molecular formula is C20H32IN5O2. The number of hydrogen-bond donors (Lipinski definition) is 3. The molecule has 156 valence electrons. The largest absolute Gasteiger partial charge is 0.484 e. The van der Waals surface area contributed by atoms with Gasteiger partial charge in [0.2, 0.25) is 0 Å². The van der Waals surface area contributed by atoms with Crippen molar-refractivity contribution in [3.8, 4) is 5.75 Å². The van der Waals surface area contributed by atoms with Crippen LogP contribution in [0, 0.1) is 0 Å². The summed E-state index contributed by atoms with van der Waals surface area (Å²) in [4.78, 5) is 17.6. The van der Waals surface area contributed by atoms with Gasteiger partial charge in [0.05, 0.1) is 0 Å². The minimum absolute atomic E-state index is 0. The summed E-state index contributed by atoms with van der Waals surface area (Å²) in [5, 5.41) is 6.83. The zero-order valence-electron chi connectivity index (χ0n) is 16.7. The molecular weight excluding hydrogens is 469 g/mol. The topological polar surface area (TPSA) is 92.0 Å². The predicted molar refractivity (Wildman–Crippen MR) is 124 cm³/mol. The van der Waals surface area contributed by atoms with Crippen molar-refractivity contribution in [3.63, 3.8) is 0 Å². The van der Waals surface area contributed by atoms with Crippen LogP contribution >= 0.6 is 24.0 Å². The first-order chi connectivity index (χ1) is 13.0.